The Hall–Kier alpha value is -1.93. The predicted octanol–water partition coefficient (Wildman–Crippen LogP) is 1.03. The lowest BCUT2D eigenvalue weighted by atomic mass is 10.2. The van der Waals surface area contributed by atoms with Crippen molar-refractivity contribution in [1.82, 2.24) is 29.0 Å². The molecule has 3 aromatic heterocycles. The summed E-state index contributed by atoms with van der Waals surface area (Å²) in [4.78, 5) is 23.5. The van der Waals surface area contributed by atoms with E-state index in [-0.39, 0.29) is 5.56 Å². The smallest absolute Gasteiger partial charge is 0.261 e. The predicted molar refractivity (Wildman–Crippen MR) is 87.6 cm³/mol. The third-order valence-electron chi connectivity index (χ3n) is 3.54. The van der Waals surface area contributed by atoms with Crippen LogP contribution in [0.15, 0.2) is 22.2 Å². The second-order valence-corrected chi connectivity index (χ2v) is 6.16. The van der Waals surface area contributed by atoms with E-state index >= 15 is 0 Å². The molecule has 0 aliphatic carbocycles. The van der Waals surface area contributed by atoms with Gasteiger partial charge in [-0.05, 0) is 33.3 Å². The third-order valence-corrected chi connectivity index (χ3v) is 4.08. The van der Waals surface area contributed by atoms with Gasteiger partial charge in [0.1, 0.15) is 0 Å². The Kier molecular flexibility index (Phi) is 3.88. The molecule has 0 atom stereocenters. The van der Waals surface area contributed by atoms with Gasteiger partial charge < -0.3 is 9.47 Å². The third kappa shape index (κ3) is 2.48. The molecular formula is C14H18N6OS. The van der Waals surface area contributed by atoms with Gasteiger partial charge >= 0.3 is 0 Å². The maximum absolute atomic E-state index is 12.7. The van der Waals surface area contributed by atoms with E-state index in [1.807, 2.05) is 44.4 Å². The normalized spacial score (nSPS) is 11.9. The maximum atomic E-state index is 12.7. The van der Waals surface area contributed by atoms with Gasteiger partial charge in [0.05, 0.1) is 16.6 Å². The van der Waals surface area contributed by atoms with E-state index in [0.29, 0.717) is 28.6 Å². The lowest BCUT2D eigenvalue weighted by Crippen LogP contribution is -2.27. The SMILES string of the molecule is CSc1nc2nc(C)c3c(=O)n(CCN(C)C)ccc3n2n1. The van der Waals surface area contributed by atoms with Crippen molar-refractivity contribution in [1.29, 1.82) is 0 Å². The first-order valence-electron chi connectivity index (χ1n) is 6.96. The molecule has 3 aromatic rings. The van der Waals surface area contributed by atoms with Crippen LogP contribution in [0.25, 0.3) is 16.7 Å². The largest absolute Gasteiger partial charge is 0.314 e. The minimum absolute atomic E-state index is 0.0348. The minimum Gasteiger partial charge on any atom is -0.314 e. The zero-order valence-electron chi connectivity index (χ0n) is 13.1. The van der Waals surface area contributed by atoms with Crippen LogP contribution in [-0.2, 0) is 6.54 Å². The van der Waals surface area contributed by atoms with Gasteiger partial charge in [0.25, 0.3) is 11.3 Å². The molecule has 0 saturated carbocycles. The summed E-state index contributed by atoms with van der Waals surface area (Å²) in [6, 6.07) is 1.91. The molecule has 3 rings (SSSR count). The van der Waals surface area contributed by atoms with Gasteiger partial charge in [-0.2, -0.15) is 9.50 Å². The zero-order chi connectivity index (χ0) is 15.9. The molecule has 0 fully saturated rings. The fourth-order valence-electron chi connectivity index (χ4n) is 2.38. The van der Waals surface area contributed by atoms with Crippen LogP contribution in [0.1, 0.15) is 5.69 Å². The molecule has 0 unspecified atom stereocenters. The van der Waals surface area contributed by atoms with E-state index in [2.05, 4.69) is 15.1 Å². The number of pyridine rings is 1. The van der Waals surface area contributed by atoms with E-state index < -0.39 is 0 Å². The van der Waals surface area contributed by atoms with Gasteiger partial charge in [-0.15, -0.1) is 5.10 Å². The number of rotatable bonds is 4. The lowest BCUT2D eigenvalue weighted by Gasteiger charge is -2.12. The minimum atomic E-state index is -0.0348. The number of hydrogen-bond acceptors (Lipinski definition) is 6. The van der Waals surface area contributed by atoms with Gasteiger partial charge in [0.15, 0.2) is 0 Å². The number of nitrogens with zero attached hydrogens (tertiary/aromatic N) is 6. The summed E-state index contributed by atoms with van der Waals surface area (Å²) in [7, 11) is 3.98. The fourth-order valence-corrected chi connectivity index (χ4v) is 2.71. The van der Waals surface area contributed by atoms with Crippen molar-refractivity contribution >= 4 is 28.4 Å². The first-order chi connectivity index (χ1) is 10.5. The fraction of sp³-hybridized carbons (Fsp3) is 0.429. The van der Waals surface area contributed by atoms with Crippen LogP contribution < -0.4 is 5.56 Å². The summed E-state index contributed by atoms with van der Waals surface area (Å²) in [5.41, 5.74) is 1.40. The molecule has 0 spiro atoms. The van der Waals surface area contributed by atoms with Crippen molar-refractivity contribution in [2.24, 2.45) is 0 Å². The number of likely N-dealkylation sites (N-methyl/N-ethyl adjacent to an activating group) is 1. The lowest BCUT2D eigenvalue weighted by molar-refractivity contribution is 0.381. The molecule has 0 radical (unpaired) electrons. The van der Waals surface area contributed by atoms with Crippen LogP contribution in [0.5, 0.6) is 0 Å². The molecule has 7 nitrogen and oxygen atoms in total. The van der Waals surface area contributed by atoms with Crippen molar-refractivity contribution in [3.8, 4) is 0 Å². The molecule has 0 aliphatic rings. The van der Waals surface area contributed by atoms with Gasteiger partial charge in [0.2, 0.25) is 5.16 Å². The molecule has 0 aliphatic heterocycles. The van der Waals surface area contributed by atoms with Crippen molar-refractivity contribution in [3.05, 3.63) is 28.3 Å². The zero-order valence-corrected chi connectivity index (χ0v) is 13.9. The Morgan fingerprint density at radius 1 is 1.32 bits per heavy atom. The van der Waals surface area contributed by atoms with Gasteiger partial charge in [-0.25, -0.2) is 4.98 Å². The summed E-state index contributed by atoms with van der Waals surface area (Å²) in [5.74, 6) is 0.528. The number of aromatic nitrogens is 5. The van der Waals surface area contributed by atoms with Crippen LogP contribution in [0.4, 0.5) is 0 Å². The standard InChI is InChI=1S/C14H18N6OS/c1-9-11-10(20-13(15-9)16-14(17-20)22-4)5-6-19(12(11)21)8-7-18(2)3/h5-6H,7-8H2,1-4H3. The van der Waals surface area contributed by atoms with E-state index in [0.717, 1.165) is 12.1 Å². The van der Waals surface area contributed by atoms with E-state index in [1.165, 1.54) is 11.8 Å². The van der Waals surface area contributed by atoms with Gasteiger partial charge in [-0.3, -0.25) is 4.79 Å². The molecular weight excluding hydrogens is 300 g/mol. The first-order valence-corrected chi connectivity index (χ1v) is 8.19. The van der Waals surface area contributed by atoms with E-state index in [9.17, 15) is 4.79 Å². The van der Waals surface area contributed by atoms with Crippen LogP contribution in [0, 0.1) is 6.92 Å². The molecule has 0 bridgehead atoms. The van der Waals surface area contributed by atoms with Crippen LogP contribution in [0.2, 0.25) is 0 Å². The van der Waals surface area contributed by atoms with E-state index in [1.54, 1.807) is 9.08 Å². The highest BCUT2D eigenvalue weighted by molar-refractivity contribution is 7.98. The van der Waals surface area contributed by atoms with Crippen LogP contribution in [0.3, 0.4) is 0 Å². The Balaban J connectivity index is 2.23. The van der Waals surface area contributed by atoms with Crippen molar-refractivity contribution in [2.75, 3.05) is 26.9 Å². The van der Waals surface area contributed by atoms with Crippen molar-refractivity contribution < 1.29 is 0 Å². The molecule has 0 aromatic carbocycles. The highest BCUT2D eigenvalue weighted by Gasteiger charge is 2.14. The highest BCUT2D eigenvalue weighted by atomic mass is 32.2. The van der Waals surface area contributed by atoms with E-state index in [4.69, 9.17) is 0 Å². The number of fused-ring (bicyclic) bond motifs is 3. The summed E-state index contributed by atoms with van der Waals surface area (Å²) < 4.78 is 3.36. The Labute approximate surface area is 132 Å². The summed E-state index contributed by atoms with van der Waals surface area (Å²) >= 11 is 1.46. The van der Waals surface area contributed by atoms with Crippen LogP contribution in [-0.4, -0.2) is 55.9 Å². The molecule has 8 heteroatoms. The van der Waals surface area contributed by atoms with Crippen molar-refractivity contribution in [2.45, 2.75) is 18.6 Å². The monoisotopic (exact) mass is 318 g/mol. The quantitative estimate of drug-likeness (QED) is 0.669. The average molecular weight is 318 g/mol. The number of thioether (sulfide) groups is 1. The number of hydrogen-bond donors (Lipinski definition) is 0. The number of aryl methyl sites for hydroxylation is 1. The Morgan fingerprint density at radius 3 is 2.77 bits per heavy atom. The van der Waals surface area contributed by atoms with Gasteiger partial charge in [-0.1, -0.05) is 11.8 Å². The summed E-state index contributed by atoms with van der Waals surface area (Å²) in [5, 5.41) is 5.65. The average Bonchev–Trinajstić information content (AvgIpc) is 2.89. The molecule has 3 heterocycles. The Morgan fingerprint density at radius 2 is 2.09 bits per heavy atom. The van der Waals surface area contributed by atoms with Crippen LogP contribution >= 0.6 is 11.8 Å². The molecule has 116 valence electrons. The highest BCUT2D eigenvalue weighted by Crippen LogP contribution is 2.17. The molecule has 0 amide bonds. The second-order valence-electron chi connectivity index (χ2n) is 5.39. The summed E-state index contributed by atoms with van der Waals surface area (Å²) in [6.07, 6.45) is 3.73. The topological polar surface area (TPSA) is 68.3 Å². The molecule has 0 N–H and O–H groups in total. The first kappa shape index (κ1) is 15.0. The van der Waals surface area contributed by atoms with Crippen molar-refractivity contribution in [3.63, 3.8) is 0 Å². The Bertz CT molecular complexity index is 898. The molecule has 0 saturated heterocycles. The summed E-state index contributed by atoms with van der Waals surface area (Å²) in [6.45, 7) is 3.29. The second kappa shape index (κ2) is 5.69. The van der Waals surface area contributed by atoms with Gasteiger partial charge in [0, 0.05) is 19.3 Å². The molecule has 22 heavy (non-hydrogen) atoms. The maximum Gasteiger partial charge on any atom is 0.261 e.